The molecule has 4 heterocycles. The molecule has 0 radical (unpaired) electrons. The monoisotopic (exact) mass is 424 g/mol. The minimum atomic E-state index is -0.816. The van der Waals surface area contributed by atoms with Gasteiger partial charge in [0.05, 0.1) is 31.1 Å². The van der Waals surface area contributed by atoms with Crippen LogP contribution in [-0.4, -0.2) is 68.1 Å². The number of carbonyl (C=O) groups excluding carboxylic acids is 2. The number of hydrogen-bond donors (Lipinski definition) is 2. The number of hydrogen-bond acceptors (Lipinski definition) is 6. The number of hydroxylamine groups is 2. The summed E-state index contributed by atoms with van der Waals surface area (Å²) in [6.45, 7) is 0.415. The summed E-state index contributed by atoms with van der Waals surface area (Å²) in [4.78, 5) is 35.9. The molecule has 1 unspecified atom stereocenters. The van der Waals surface area contributed by atoms with E-state index in [2.05, 4.69) is 15.4 Å². The summed E-state index contributed by atoms with van der Waals surface area (Å²) >= 11 is 5.65. The number of fused-ring (bicyclic) bond motifs is 3. The van der Waals surface area contributed by atoms with Crippen molar-refractivity contribution in [1.82, 2.24) is 24.7 Å². The maximum atomic E-state index is 14.0. The van der Waals surface area contributed by atoms with Crippen molar-refractivity contribution in [3.63, 3.8) is 0 Å². The first kappa shape index (κ1) is 19.6. The fourth-order valence-electron chi connectivity index (χ4n) is 3.42. The van der Waals surface area contributed by atoms with Crippen LogP contribution in [0.15, 0.2) is 12.3 Å². The number of aliphatic hydroxyl groups is 1. The SMILES string of the molecule is CN1OC(CO)Cn2nc3c(c2C1=O)CN(C(=O)Nc1ccnc(Cl)c1F)CC3. The van der Waals surface area contributed by atoms with E-state index in [0.717, 1.165) is 5.06 Å². The summed E-state index contributed by atoms with van der Waals surface area (Å²) in [7, 11) is 1.46. The first-order valence-corrected chi connectivity index (χ1v) is 9.27. The first-order chi connectivity index (χ1) is 13.9. The topological polar surface area (TPSA) is 113 Å². The van der Waals surface area contributed by atoms with Gasteiger partial charge in [0.25, 0.3) is 5.91 Å². The summed E-state index contributed by atoms with van der Waals surface area (Å²) < 4.78 is 15.5. The zero-order valence-electron chi connectivity index (χ0n) is 15.4. The van der Waals surface area contributed by atoms with Crippen molar-refractivity contribution >= 4 is 29.2 Å². The number of urea groups is 1. The molecule has 0 saturated heterocycles. The smallest absolute Gasteiger partial charge is 0.322 e. The number of nitrogens with one attached hydrogen (secondary N) is 1. The highest BCUT2D eigenvalue weighted by atomic mass is 35.5. The van der Waals surface area contributed by atoms with Crippen molar-refractivity contribution in [1.29, 1.82) is 0 Å². The van der Waals surface area contributed by atoms with Gasteiger partial charge in [0.2, 0.25) is 0 Å². The summed E-state index contributed by atoms with van der Waals surface area (Å²) in [5, 5.41) is 17.1. The molecule has 2 N–H and O–H groups in total. The fourth-order valence-corrected chi connectivity index (χ4v) is 3.58. The average molecular weight is 425 g/mol. The van der Waals surface area contributed by atoms with Crippen molar-refractivity contribution in [2.45, 2.75) is 25.6 Å². The van der Waals surface area contributed by atoms with Crippen LogP contribution in [0, 0.1) is 5.82 Å². The fraction of sp³-hybridized carbons (Fsp3) is 0.412. The van der Waals surface area contributed by atoms with Crippen LogP contribution in [0.1, 0.15) is 21.7 Å². The van der Waals surface area contributed by atoms with E-state index in [9.17, 15) is 19.1 Å². The lowest BCUT2D eigenvalue weighted by Crippen LogP contribution is -2.40. The molecular formula is C17H18ClFN6O4. The largest absolute Gasteiger partial charge is 0.393 e. The van der Waals surface area contributed by atoms with Crippen LogP contribution in [0.2, 0.25) is 5.15 Å². The molecule has 3 amide bonds. The van der Waals surface area contributed by atoms with E-state index < -0.39 is 23.9 Å². The van der Waals surface area contributed by atoms with Crippen molar-refractivity contribution < 1.29 is 23.9 Å². The quantitative estimate of drug-likeness (QED) is 0.696. The molecule has 2 aliphatic rings. The molecule has 12 heteroatoms. The molecule has 0 fully saturated rings. The maximum absolute atomic E-state index is 14.0. The lowest BCUT2D eigenvalue weighted by molar-refractivity contribution is -0.159. The van der Waals surface area contributed by atoms with E-state index in [1.54, 1.807) is 0 Å². The van der Waals surface area contributed by atoms with Crippen molar-refractivity contribution in [3.05, 3.63) is 40.2 Å². The highest BCUT2D eigenvalue weighted by Crippen LogP contribution is 2.27. The molecule has 0 aromatic carbocycles. The van der Waals surface area contributed by atoms with Gasteiger partial charge < -0.3 is 15.3 Å². The van der Waals surface area contributed by atoms with E-state index in [0.29, 0.717) is 29.9 Å². The molecule has 0 aliphatic carbocycles. The van der Waals surface area contributed by atoms with Crippen LogP contribution in [0.5, 0.6) is 0 Å². The Balaban J connectivity index is 1.59. The molecule has 0 bridgehead atoms. The Morgan fingerprint density at radius 2 is 2.31 bits per heavy atom. The van der Waals surface area contributed by atoms with Gasteiger partial charge in [0, 0.05) is 31.8 Å². The number of anilines is 1. The van der Waals surface area contributed by atoms with Crippen LogP contribution in [-0.2, 0) is 24.3 Å². The maximum Gasteiger partial charge on any atom is 0.322 e. The van der Waals surface area contributed by atoms with E-state index in [-0.39, 0.29) is 30.5 Å². The molecule has 2 aromatic rings. The third-order valence-corrected chi connectivity index (χ3v) is 5.12. The lowest BCUT2D eigenvalue weighted by Gasteiger charge is -2.27. The Labute approximate surface area is 169 Å². The Morgan fingerprint density at radius 1 is 1.52 bits per heavy atom. The summed E-state index contributed by atoms with van der Waals surface area (Å²) in [5.74, 6) is -1.23. The zero-order valence-corrected chi connectivity index (χ0v) is 16.2. The van der Waals surface area contributed by atoms with Crippen LogP contribution in [0.3, 0.4) is 0 Å². The number of aliphatic hydroxyl groups excluding tert-OH is 1. The zero-order chi connectivity index (χ0) is 20.7. The molecule has 154 valence electrons. The van der Waals surface area contributed by atoms with Crippen molar-refractivity contribution in [2.75, 3.05) is 25.5 Å². The number of aromatic nitrogens is 3. The molecule has 0 spiro atoms. The minimum absolute atomic E-state index is 0.0790. The van der Waals surface area contributed by atoms with Crippen LogP contribution >= 0.6 is 11.6 Å². The van der Waals surface area contributed by atoms with Crippen molar-refractivity contribution in [3.8, 4) is 0 Å². The van der Waals surface area contributed by atoms with Crippen molar-refractivity contribution in [2.24, 2.45) is 0 Å². The Bertz CT molecular complexity index is 983. The molecule has 0 saturated carbocycles. The summed E-state index contributed by atoms with van der Waals surface area (Å²) in [5.41, 5.74) is 1.56. The van der Waals surface area contributed by atoms with Gasteiger partial charge in [0.1, 0.15) is 11.8 Å². The third kappa shape index (κ3) is 3.52. The highest BCUT2D eigenvalue weighted by Gasteiger charge is 2.35. The molecule has 1 atom stereocenters. The molecule has 29 heavy (non-hydrogen) atoms. The van der Waals surface area contributed by atoms with Gasteiger partial charge in [-0.1, -0.05) is 11.6 Å². The average Bonchev–Trinajstić information content (AvgIpc) is 3.01. The minimum Gasteiger partial charge on any atom is -0.393 e. The number of halogens is 2. The summed E-state index contributed by atoms with van der Waals surface area (Å²) in [6, 6.07) is 0.779. The third-order valence-electron chi connectivity index (χ3n) is 4.85. The van der Waals surface area contributed by atoms with Crippen LogP contribution in [0.4, 0.5) is 14.9 Å². The van der Waals surface area contributed by atoms with Crippen LogP contribution in [0.25, 0.3) is 0 Å². The van der Waals surface area contributed by atoms with Gasteiger partial charge in [-0.2, -0.15) is 5.10 Å². The number of carbonyl (C=O) groups is 2. The van der Waals surface area contributed by atoms with Gasteiger partial charge in [-0.25, -0.2) is 19.2 Å². The Hall–Kier alpha value is -2.76. The number of amides is 3. The second kappa shape index (κ2) is 7.58. The van der Waals surface area contributed by atoms with E-state index in [1.165, 1.54) is 28.9 Å². The lowest BCUT2D eigenvalue weighted by atomic mass is 10.1. The van der Waals surface area contributed by atoms with E-state index in [4.69, 9.17) is 16.4 Å². The summed E-state index contributed by atoms with van der Waals surface area (Å²) in [6.07, 6.45) is 1.12. The van der Waals surface area contributed by atoms with Gasteiger partial charge in [0.15, 0.2) is 11.0 Å². The van der Waals surface area contributed by atoms with Gasteiger partial charge >= 0.3 is 6.03 Å². The first-order valence-electron chi connectivity index (χ1n) is 8.89. The van der Waals surface area contributed by atoms with Crippen LogP contribution < -0.4 is 5.32 Å². The van der Waals surface area contributed by atoms with Gasteiger partial charge in [-0.15, -0.1) is 0 Å². The molecular weight excluding hydrogens is 407 g/mol. The van der Waals surface area contributed by atoms with Gasteiger partial charge in [-0.3, -0.25) is 14.3 Å². The second-order valence-electron chi connectivity index (χ2n) is 6.73. The number of nitrogens with zero attached hydrogens (tertiary/aromatic N) is 5. The van der Waals surface area contributed by atoms with Gasteiger partial charge in [-0.05, 0) is 6.07 Å². The molecule has 2 aromatic heterocycles. The number of pyridine rings is 1. The predicted molar refractivity (Wildman–Crippen MR) is 98.6 cm³/mol. The second-order valence-corrected chi connectivity index (χ2v) is 7.09. The number of rotatable bonds is 2. The molecule has 10 nitrogen and oxygen atoms in total. The molecule has 2 aliphatic heterocycles. The Kier molecular flexibility index (Phi) is 5.11. The molecule has 4 rings (SSSR count). The highest BCUT2D eigenvalue weighted by molar-refractivity contribution is 6.29. The normalized spacial score (nSPS) is 18.9. The Morgan fingerprint density at radius 3 is 3.07 bits per heavy atom. The van der Waals surface area contributed by atoms with E-state index >= 15 is 0 Å². The van der Waals surface area contributed by atoms with E-state index in [1.807, 2.05) is 0 Å². The predicted octanol–water partition coefficient (Wildman–Crippen LogP) is 1.04. The standard InChI is InChI=1S/C17H18ClFN6O4/c1-23-16(27)14-10-7-24(17(28)21-12-2-4-20-15(18)13(12)19)5-3-11(10)22-25(14)6-9(8-26)29-23/h2,4,9,26H,3,5-8H2,1H3,(H,20,21,28).